The zero-order valence-corrected chi connectivity index (χ0v) is 17.1. The van der Waals surface area contributed by atoms with Crippen LogP contribution >= 0.6 is 0 Å². The van der Waals surface area contributed by atoms with E-state index in [0.29, 0.717) is 18.3 Å². The molecule has 0 aliphatic carbocycles. The number of nitrogens with one attached hydrogen (secondary N) is 5. The Morgan fingerprint density at radius 2 is 1.77 bits per heavy atom. The van der Waals surface area contributed by atoms with Crippen LogP contribution in [0.5, 0.6) is 0 Å². The Labute approximate surface area is 178 Å². The molecule has 0 aliphatic heterocycles. The second-order valence-corrected chi connectivity index (χ2v) is 6.44. The number of carbonyl (C=O) groups is 6. The zero-order valence-electron chi connectivity index (χ0n) is 17.1. The van der Waals surface area contributed by atoms with Crippen molar-refractivity contribution in [3.63, 3.8) is 0 Å². The van der Waals surface area contributed by atoms with Gasteiger partial charge in [0.2, 0.25) is 23.6 Å². The molecule has 5 N–H and O–H groups in total. The van der Waals surface area contributed by atoms with Gasteiger partial charge >= 0.3 is 0 Å². The summed E-state index contributed by atoms with van der Waals surface area (Å²) in [6.07, 6.45) is 2.68. The first kappa shape index (κ1) is 25.5. The smallest absolute Gasteiger partial charge is 0.243 e. The molecule has 0 aromatic carbocycles. The van der Waals surface area contributed by atoms with Crippen LogP contribution in [-0.2, 0) is 35.2 Å². The van der Waals surface area contributed by atoms with E-state index in [-0.39, 0.29) is 38.9 Å². The Bertz CT molecular complexity index is 751. The maximum atomic E-state index is 12.5. The summed E-state index contributed by atoms with van der Waals surface area (Å²) in [4.78, 5) is 69.0. The van der Waals surface area contributed by atoms with E-state index in [1.54, 1.807) is 19.2 Å². The molecule has 12 nitrogen and oxygen atoms in total. The summed E-state index contributed by atoms with van der Waals surface area (Å²) in [6, 6.07) is 1.64. The molecule has 0 fully saturated rings. The lowest BCUT2D eigenvalue weighted by Gasteiger charge is -2.18. The Kier molecular flexibility index (Phi) is 11.9. The highest BCUT2D eigenvalue weighted by Gasteiger charge is 2.23. The highest BCUT2D eigenvalue weighted by molar-refractivity contribution is 5.92. The Morgan fingerprint density at radius 3 is 2.39 bits per heavy atom. The van der Waals surface area contributed by atoms with Gasteiger partial charge in [-0.05, 0) is 19.2 Å². The SMILES string of the molecule is CN[C@H](C=O)CNC(=O)CNC(=O)[C@H](Cc1ccco1)NC(=O)CNC(=O)CCC=O. The van der Waals surface area contributed by atoms with Gasteiger partial charge in [0.05, 0.1) is 25.4 Å². The summed E-state index contributed by atoms with van der Waals surface area (Å²) in [5, 5.41) is 12.4. The van der Waals surface area contributed by atoms with Crippen LogP contribution < -0.4 is 26.6 Å². The summed E-state index contributed by atoms with van der Waals surface area (Å²) < 4.78 is 5.20. The van der Waals surface area contributed by atoms with Crippen molar-refractivity contribution in [1.82, 2.24) is 26.6 Å². The quantitative estimate of drug-likeness (QED) is 0.186. The van der Waals surface area contributed by atoms with E-state index in [0.717, 1.165) is 0 Å². The Morgan fingerprint density at radius 1 is 1.03 bits per heavy atom. The van der Waals surface area contributed by atoms with Crippen LogP contribution in [0.1, 0.15) is 18.6 Å². The molecule has 31 heavy (non-hydrogen) atoms. The third kappa shape index (κ3) is 10.7. The molecule has 1 aromatic heterocycles. The fourth-order valence-corrected chi connectivity index (χ4v) is 2.34. The lowest BCUT2D eigenvalue weighted by atomic mass is 10.1. The van der Waals surface area contributed by atoms with Gasteiger partial charge in [0.25, 0.3) is 0 Å². The molecular weight excluding hydrogens is 410 g/mol. The van der Waals surface area contributed by atoms with E-state index < -0.39 is 35.7 Å². The average molecular weight is 437 g/mol. The number of hydrogen-bond donors (Lipinski definition) is 5. The molecule has 0 bridgehead atoms. The third-order valence-corrected chi connectivity index (χ3v) is 4.05. The molecule has 0 saturated heterocycles. The molecule has 170 valence electrons. The molecule has 0 aliphatic rings. The molecular formula is C19H27N5O7. The van der Waals surface area contributed by atoms with Gasteiger partial charge in [-0.1, -0.05) is 0 Å². The molecule has 0 unspecified atom stereocenters. The molecule has 1 heterocycles. The van der Waals surface area contributed by atoms with Crippen molar-refractivity contribution in [3.05, 3.63) is 24.2 Å². The largest absolute Gasteiger partial charge is 0.469 e. The maximum Gasteiger partial charge on any atom is 0.243 e. The number of likely N-dealkylation sites (N-methyl/N-ethyl adjacent to an activating group) is 1. The van der Waals surface area contributed by atoms with Gasteiger partial charge in [-0.3, -0.25) is 19.2 Å². The van der Waals surface area contributed by atoms with Crippen molar-refractivity contribution >= 4 is 36.2 Å². The Hall–Kier alpha value is -3.54. The number of aldehydes is 2. The van der Waals surface area contributed by atoms with Crippen LogP contribution in [0.15, 0.2) is 22.8 Å². The van der Waals surface area contributed by atoms with Gasteiger partial charge in [0.1, 0.15) is 24.4 Å². The van der Waals surface area contributed by atoms with Gasteiger partial charge in [0, 0.05) is 25.8 Å². The molecule has 12 heteroatoms. The van der Waals surface area contributed by atoms with Gasteiger partial charge in [-0.2, -0.15) is 0 Å². The maximum absolute atomic E-state index is 12.5. The van der Waals surface area contributed by atoms with Crippen molar-refractivity contribution in [3.8, 4) is 0 Å². The number of rotatable bonds is 15. The molecule has 0 spiro atoms. The van der Waals surface area contributed by atoms with Crippen LogP contribution in [0.25, 0.3) is 0 Å². The first-order valence-corrected chi connectivity index (χ1v) is 9.58. The predicted octanol–water partition coefficient (Wildman–Crippen LogP) is -2.58. The van der Waals surface area contributed by atoms with Crippen LogP contribution in [0.4, 0.5) is 0 Å². The number of furan rings is 1. The van der Waals surface area contributed by atoms with Gasteiger partial charge in [0.15, 0.2) is 0 Å². The monoisotopic (exact) mass is 437 g/mol. The predicted molar refractivity (Wildman–Crippen MR) is 108 cm³/mol. The fraction of sp³-hybridized carbons (Fsp3) is 0.474. The van der Waals surface area contributed by atoms with Gasteiger partial charge in [-0.25, -0.2) is 0 Å². The average Bonchev–Trinajstić information content (AvgIpc) is 3.28. The summed E-state index contributed by atoms with van der Waals surface area (Å²) in [5.41, 5.74) is 0. The molecule has 0 saturated carbocycles. The summed E-state index contributed by atoms with van der Waals surface area (Å²) in [7, 11) is 1.57. The zero-order chi connectivity index (χ0) is 23.1. The van der Waals surface area contributed by atoms with Crippen LogP contribution in [-0.4, -0.2) is 75.0 Å². The minimum absolute atomic E-state index is 0.0260. The van der Waals surface area contributed by atoms with E-state index in [9.17, 15) is 28.8 Å². The van der Waals surface area contributed by atoms with Crippen molar-refractivity contribution in [1.29, 1.82) is 0 Å². The minimum Gasteiger partial charge on any atom is -0.469 e. The fourth-order valence-electron chi connectivity index (χ4n) is 2.34. The molecule has 2 atom stereocenters. The second kappa shape index (κ2) is 14.4. The minimum atomic E-state index is -1.06. The lowest BCUT2D eigenvalue weighted by Crippen LogP contribution is -2.52. The standard InChI is InChI=1S/C19H27N5O7/c1-20-13(12-26)9-21-17(28)10-23-19(30)15(8-14-4-3-7-31-14)24-18(29)11-22-16(27)5-2-6-25/h3-4,6-7,12-13,15,20H,2,5,8-11H2,1H3,(H,21,28)(H,22,27)(H,23,30)(H,24,29)/t13-,15-/m0/s1. The summed E-state index contributed by atoms with van der Waals surface area (Å²) >= 11 is 0. The van der Waals surface area contributed by atoms with Gasteiger partial charge < -0.3 is 40.6 Å². The lowest BCUT2D eigenvalue weighted by molar-refractivity contribution is -0.131. The van der Waals surface area contributed by atoms with Crippen LogP contribution in [0, 0.1) is 0 Å². The summed E-state index contributed by atoms with van der Waals surface area (Å²) in [6.45, 7) is -0.677. The molecule has 4 amide bonds. The normalized spacial score (nSPS) is 12.2. The van der Waals surface area contributed by atoms with Crippen molar-refractivity contribution in [2.75, 3.05) is 26.7 Å². The van der Waals surface area contributed by atoms with E-state index in [2.05, 4.69) is 26.6 Å². The van der Waals surface area contributed by atoms with Crippen molar-refractivity contribution in [2.24, 2.45) is 0 Å². The van der Waals surface area contributed by atoms with Gasteiger partial charge in [-0.15, -0.1) is 0 Å². The second-order valence-electron chi connectivity index (χ2n) is 6.44. The highest BCUT2D eigenvalue weighted by Crippen LogP contribution is 2.04. The third-order valence-electron chi connectivity index (χ3n) is 4.05. The molecule has 1 aromatic rings. The number of carbonyl (C=O) groups excluding carboxylic acids is 6. The van der Waals surface area contributed by atoms with Crippen molar-refractivity contribution in [2.45, 2.75) is 31.3 Å². The van der Waals surface area contributed by atoms with Crippen LogP contribution in [0.2, 0.25) is 0 Å². The van der Waals surface area contributed by atoms with Crippen molar-refractivity contribution < 1.29 is 33.2 Å². The topological polar surface area (TPSA) is 176 Å². The molecule has 1 rings (SSSR count). The van der Waals surface area contributed by atoms with E-state index in [1.807, 2.05) is 0 Å². The first-order valence-electron chi connectivity index (χ1n) is 9.58. The Balaban J connectivity index is 2.57. The van der Waals surface area contributed by atoms with Crippen LogP contribution in [0.3, 0.4) is 0 Å². The first-order chi connectivity index (χ1) is 14.9. The van der Waals surface area contributed by atoms with E-state index in [4.69, 9.17) is 4.42 Å². The summed E-state index contributed by atoms with van der Waals surface area (Å²) in [5.74, 6) is -1.81. The highest BCUT2D eigenvalue weighted by atomic mass is 16.3. The van der Waals surface area contributed by atoms with E-state index >= 15 is 0 Å². The van der Waals surface area contributed by atoms with E-state index in [1.165, 1.54) is 6.26 Å². The number of amides is 4. The number of hydrogen-bond acceptors (Lipinski definition) is 8. The molecule has 0 radical (unpaired) electrons.